The molecule has 0 amide bonds. The Hall–Kier alpha value is -1.88. The van der Waals surface area contributed by atoms with Crippen molar-refractivity contribution < 1.29 is 19.1 Å². The highest BCUT2D eigenvalue weighted by atomic mass is 16.5. The number of carbonyl (C=O) groups is 2. The zero-order valence-corrected chi connectivity index (χ0v) is 40.3. The Morgan fingerprint density at radius 2 is 0.898 bits per heavy atom. The zero-order valence-electron chi connectivity index (χ0n) is 40.3. The largest absolute Gasteiger partial charge is 0.463 e. The molecule has 0 aromatic carbocycles. The third-order valence-corrected chi connectivity index (χ3v) is 11.7. The van der Waals surface area contributed by atoms with Crippen LogP contribution in [-0.2, 0) is 19.1 Å². The number of esters is 2. The van der Waals surface area contributed by atoms with Gasteiger partial charge in [-0.15, -0.1) is 0 Å². The average molecular weight is 828 g/mol. The van der Waals surface area contributed by atoms with Gasteiger partial charge in [0.2, 0.25) is 0 Å². The van der Waals surface area contributed by atoms with Gasteiger partial charge in [-0.05, 0) is 117 Å². The van der Waals surface area contributed by atoms with Gasteiger partial charge in [-0.1, -0.05) is 192 Å². The van der Waals surface area contributed by atoms with Gasteiger partial charge in [0.15, 0.2) is 0 Å². The Balaban J connectivity index is 4.32. The summed E-state index contributed by atoms with van der Waals surface area (Å²) in [5, 5.41) is 0. The van der Waals surface area contributed by atoms with Crippen LogP contribution in [0.1, 0.15) is 265 Å². The van der Waals surface area contributed by atoms with Crippen molar-refractivity contribution in [1.29, 1.82) is 0 Å². The smallest absolute Gasteiger partial charge is 0.330 e. The Bertz CT molecular complexity index is 985. The summed E-state index contributed by atoms with van der Waals surface area (Å²) in [7, 11) is 4.11. The topological polar surface area (TPSA) is 55.8 Å². The molecule has 5 nitrogen and oxygen atoms in total. The van der Waals surface area contributed by atoms with E-state index in [9.17, 15) is 9.59 Å². The van der Waals surface area contributed by atoms with E-state index in [0.29, 0.717) is 13.0 Å². The second-order valence-corrected chi connectivity index (χ2v) is 18.0. The van der Waals surface area contributed by atoms with Crippen LogP contribution in [0.25, 0.3) is 0 Å². The number of rotatable bonds is 46. The van der Waals surface area contributed by atoms with E-state index in [2.05, 4.69) is 64.1 Å². The van der Waals surface area contributed by atoms with Gasteiger partial charge < -0.3 is 14.4 Å². The second kappa shape index (κ2) is 47.2. The highest BCUT2D eigenvalue weighted by Gasteiger charge is 2.14. The van der Waals surface area contributed by atoms with Crippen molar-refractivity contribution in [3.8, 4) is 0 Å². The lowest BCUT2D eigenvalue weighted by atomic mass is 9.99. The van der Waals surface area contributed by atoms with Gasteiger partial charge in [0.1, 0.15) is 6.10 Å². The first-order valence-electron chi connectivity index (χ1n) is 25.9. The first-order chi connectivity index (χ1) is 28.9. The summed E-state index contributed by atoms with van der Waals surface area (Å²) < 4.78 is 11.7. The molecule has 0 bridgehead atoms. The number of ether oxygens (including phenoxy) is 2. The molecule has 0 heterocycles. The fourth-order valence-corrected chi connectivity index (χ4v) is 7.86. The molecule has 1 atom stereocenters. The number of unbranched alkanes of at least 4 members (excludes halogenated alkanes) is 26. The van der Waals surface area contributed by atoms with Crippen molar-refractivity contribution in [2.24, 2.45) is 0 Å². The number of hydrogen-bond acceptors (Lipinski definition) is 5. The van der Waals surface area contributed by atoms with Crippen LogP contribution >= 0.6 is 0 Å². The highest BCUT2D eigenvalue weighted by molar-refractivity contribution is 5.82. The monoisotopic (exact) mass is 828 g/mol. The van der Waals surface area contributed by atoms with Gasteiger partial charge in [0.05, 0.1) is 6.61 Å². The van der Waals surface area contributed by atoms with E-state index < -0.39 is 0 Å². The molecular formula is C54H101NO4. The van der Waals surface area contributed by atoms with Crippen molar-refractivity contribution in [2.45, 2.75) is 271 Å². The van der Waals surface area contributed by atoms with Crippen molar-refractivity contribution in [1.82, 2.24) is 4.90 Å². The summed E-state index contributed by atoms with van der Waals surface area (Å²) >= 11 is 0. The SMILES string of the molecule is CCCCC/C=C\C/C=C\CCCCCCCCC(CCCCCCCCCOC(=O)/C=C(\CCCCCCC)CCCCCCCCCC)OC(=O)CCCN(C)C. The molecule has 5 heteroatoms. The van der Waals surface area contributed by atoms with Crippen LogP contribution in [0.15, 0.2) is 36.0 Å². The Kier molecular flexibility index (Phi) is 45.7. The minimum atomic E-state index is -0.128. The third kappa shape index (κ3) is 45.5. The molecule has 1 unspecified atom stereocenters. The van der Waals surface area contributed by atoms with E-state index in [1.54, 1.807) is 0 Å². The van der Waals surface area contributed by atoms with Crippen LogP contribution < -0.4 is 0 Å². The van der Waals surface area contributed by atoms with Crippen LogP contribution in [0.4, 0.5) is 0 Å². The van der Waals surface area contributed by atoms with E-state index in [-0.39, 0.29) is 18.0 Å². The predicted molar refractivity (Wildman–Crippen MR) is 258 cm³/mol. The summed E-state index contributed by atoms with van der Waals surface area (Å²) in [6.45, 7) is 8.25. The molecule has 0 aliphatic heterocycles. The molecule has 0 aromatic heterocycles. The molecule has 0 aromatic rings. The van der Waals surface area contributed by atoms with Gasteiger partial charge in [0.25, 0.3) is 0 Å². The Morgan fingerprint density at radius 1 is 0.475 bits per heavy atom. The van der Waals surface area contributed by atoms with Crippen molar-refractivity contribution in [2.75, 3.05) is 27.2 Å². The van der Waals surface area contributed by atoms with E-state index in [4.69, 9.17) is 9.47 Å². The van der Waals surface area contributed by atoms with Crippen LogP contribution in [0, 0.1) is 0 Å². The molecule has 0 rings (SSSR count). The maximum Gasteiger partial charge on any atom is 0.330 e. The number of allylic oxidation sites excluding steroid dienone is 5. The Morgan fingerprint density at radius 3 is 1.41 bits per heavy atom. The summed E-state index contributed by atoms with van der Waals surface area (Å²) in [5.41, 5.74) is 1.31. The van der Waals surface area contributed by atoms with Crippen LogP contribution in [-0.4, -0.2) is 50.2 Å². The second-order valence-electron chi connectivity index (χ2n) is 18.0. The number of hydrogen-bond donors (Lipinski definition) is 0. The molecule has 0 fully saturated rings. The molecule has 0 radical (unpaired) electrons. The third-order valence-electron chi connectivity index (χ3n) is 11.7. The maximum absolute atomic E-state index is 12.7. The van der Waals surface area contributed by atoms with Gasteiger partial charge >= 0.3 is 11.9 Å². The van der Waals surface area contributed by atoms with E-state index in [0.717, 1.165) is 70.8 Å². The van der Waals surface area contributed by atoms with Crippen molar-refractivity contribution in [3.63, 3.8) is 0 Å². The molecule has 0 saturated heterocycles. The fraction of sp³-hybridized carbons (Fsp3) is 0.852. The summed E-state index contributed by atoms with van der Waals surface area (Å²) in [6.07, 6.45) is 56.6. The molecule has 346 valence electrons. The Labute approximate surface area is 368 Å². The summed E-state index contributed by atoms with van der Waals surface area (Å²) in [6, 6.07) is 0. The van der Waals surface area contributed by atoms with Gasteiger partial charge in [0, 0.05) is 12.5 Å². The number of nitrogens with zero attached hydrogens (tertiary/aromatic N) is 1. The molecular weight excluding hydrogens is 727 g/mol. The molecule has 0 aliphatic rings. The lowest BCUT2D eigenvalue weighted by Crippen LogP contribution is -2.20. The molecule has 0 saturated carbocycles. The molecule has 0 spiro atoms. The standard InChI is InChI=1S/C54H101NO4/c1-6-9-12-15-17-19-20-21-22-23-24-25-26-29-34-39-45-52(59-53(56)47-42-48-55(4)5)46-40-35-30-27-31-36-41-49-58-54(57)50-51(43-37-32-14-11-8-3)44-38-33-28-18-16-13-10-7-2/h17,19,21-22,50,52H,6-16,18,20,23-49H2,1-5H3/b19-17-,22-21-,51-50+. The summed E-state index contributed by atoms with van der Waals surface area (Å²) in [5.74, 6) is -0.147. The molecule has 0 aliphatic carbocycles. The minimum absolute atomic E-state index is 0.0183. The highest BCUT2D eigenvalue weighted by Crippen LogP contribution is 2.20. The molecule has 0 N–H and O–H groups in total. The quantitative estimate of drug-likeness (QED) is 0.0265. The van der Waals surface area contributed by atoms with Crippen LogP contribution in [0.2, 0.25) is 0 Å². The van der Waals surface area contributed by atoms with Gasteiger partial charge in [-0.25, -0.2) is 4.79 Å². The van der Waals surface area contributed by atoms with E-state index in [1.165, 1.54) is 179 Å². The summed E-state index contributed by atoms with van der Waals surface area (Å²) in [4.78, 5) is 27.5. The zero-order chi connectivity index (χ0) is 43.1. The lowest BCUT2D eigenvalue weighted by molar-refractivity contribution is -0.150. The normalized spacial score (nSPS) is 12.7. The fourth-order valence-electron chi connectivity index (χ4n) is 7.86. The van der Waals surface area contributed by atoms with Gasteiger partial charge in [-0.2, -0.15) is 0 Å². The van der Waals surface area contributed by atoms with Crippen molar-refractivity contribution in [3.05, 3.63) is 36.0 Å². The van der Waals surface area contributed by atoms with E-state index in [1.807, 2.05) is 6.08 Å². The first-order valence-corrected chi connectivity index (χ1v) is 25.9. The van der Waals surface area contributed by atoms with Gasteiger partial charge in [-0.3, -0.25) is 4.79 Å². The lowest BCUT2D eigenvalue weighted by Gasteiger charge is -2.18. The minimum Gasteiger partial charge on any atom is -0.463 e. The van der Waals surface area contributed by atoms with E-state index >= 15 is 0 Å². The van der Waals surface area contributed by atoms with Crippen LogP contribution in [0.5, 0.6) is 0 Å². The van der Waals surface area contributed by atoms with Crippen LogP contribution in [0.3, 0.4) is 0 Å². The molecule has 59 heavy (non-hydrogen) atoms. The van der Waals surface area contributed by atoms with Crippen molar-refractivity contribution >= 4 is 11.9 Å². The predicted octanol–water partition coefficient (Wildman–Crippen LogP) is 16.9. The maximum atomic E-state index is 12.7. The average Bonchev–Trinajstić information content (AvgIpc) is 3.21. The first kappa shape index (κ1) is 57.1. The number of carbonyl (C=O) groups excluding carboxylic acids is 2.